The Morgan fingerprint density at radius 3 is 2.64 bits per heavy atom. The Bertz CT molecular complexity index is 692. The molecule has 2 heterocycles. The predicted molar refractivity (Wildman–Crippen MR) is 84.8 cm³/mol. The molecule has 0 atom stereocenters. The van der Waals surface area contributed by atoms with E-state index in [1.54, 1.807) is 30.1 Å². The summed E-state index contributed by atoms with van der Waals surface area (Å²) >= 11 is 0. The third kappa shape index (κ3) is 4.04. The Balaban J connectivity index is 1.68. The molecular formula is C16H19F3N4O2. The molecule has 0 radical (unpaired) electrons. The summed E-state index contributed by atoms with van der Waals surface area (Å²) in [5.41, 5.74) is 1.97. The third-order valence-electron chi connectivity index (χ3n) is 4.44. The molecule has 1 aromatic rings. The molecule has 2 aliphatic rings. The summed E-state index contributed by atoms with van der Waals surface area (Å²) in [5.74, 6) is -0.143. The molecular weight excluding hydrogens is 337 g/mol. The number of piperazine rings is 1. The number of nitrogens with zero attached hydrogens (tertiary/aromatic N) is 3. The van der Waals surface area contributed by atoms with Crippen molar-refractivity contribution in [2.75, 3.05) is 38.5 Å². The lowest BCUT2D eigenvalue weighted by atomic mass is 10.1. The van der Waals surface area contributed by atoms with Crippen molar-refractivity contribution in [3.05, 3.63) is 29.3 Å². The molecule has 0 aromatic heterocycles. The van der Waals surface area contributed by atoms with Crippen molar-refractivity contribution >= 4 is 17.6 Å². The van der Waals surface area contributed by atoms with Crippen LogP contribution in [0.3, 0.4) is 0 Å². The second-order valence-electron chi connectivity index (χ2n) is 6.37. The number of hydrogen-bond donors (Lipinski definition) is 1. The largest absolute Gasteiger partial charge is 0.401 e. The standard InChI is InChI=1S/C16H19F3N4O2/c1-21-5-6-23(9-14(21)24)15(25)20-13-4-2-3-11-7-22(8-12(11)13)10-16(17,18)19/h2-4H,5-10H2,1H3,(H,20,25). The van der Waals surface area contributed by atoms with Gasteiger partial charge in [-0.05, 0) is 17.2 Å². The summed E-state index contributed by atoms with van der Waals surface area (Å²) in [4.78, 5) is 28.3. The van der Waals surface area contributed by atoms with Gasteiger partial charge in [-0.25, -0.2) is 4.79 Å². The number of benzene rings is 1. The monoisotopic (exact) mass is 356 g/mol. The minimum absolute atomic E-state index is 0.00242. The number of fused-ring (bicyclic) bond motifs is 1. The molecule has 136 valence electrons. The van der Waals surface area contributed by atoms with Gasteiger partial charge < -0.3 is 15.1 Å². The van der Waals surface area contributed by atoms with Crippen molar-refractivity contribution in [3.8, 4) is 0 Å². The lowest BCUT2D eigenvalue weighted by molar-refractivity contribution is -0.147. The van der Waals surface area contributed by atoms with E-state index < -0.39 is 18.8 Å². The Kier molecular flexibility index (Phi) is 4.59. The number of nitrogens with one attached hydrogen (secondary N) is 1. The molecule has 3 rings (SSSR count). The van der Waals surface area contributed by atoms with Crippen LogP contribution in [0.25, 0.3) is 0 Å². The predicted octanol–water partition coefficient (Wildman–Crippen LogP) is 1.87. The zero-order chi connectivity index (χ0) is 18.2. The number of rotatable bonds is 2. The first-order valence-electron chi connectivity index (χ1n) is 7.93. The smallest absolute Gasteiger partial charge is 0.342 e. The quantitative estimate of drug-likeness (QED) is 0.880. The molecule has 0 spiro atoms. The van der Waals surface area contributed by atoms with Gasteiger partial charge in [-0.2, -0.15) is 13.2 Å². The highest BCUT2D eigenvalue weighted by Gasteiger charge is 2.34. The fraction of sp³-hybridized carbons (Fsp3) is 0.500. The Morgan fingerprint density at radius 2 is 1.96 bits per heavy atom. The zero-order valence-electron chi connectivity index (χ0n) is 13.8. The van der Waals surface area contributed by atoms with E-state index in [9.17, 15) is 22.8 Å². The highest BCUT2D eigenvalue weighted by atomic mass is 19.4. The number of likely N-dealkylation sites (N-methyl/N-ethyl adjacent to an activating group) is 1. The fourth-order valence-corrected chi connectivity index (χ4v) is 3.10. The Morgan fingerprint density at radius 1 is 1.20 bits per heavy atom. The van der Waals surface area contributed by atoms with E-state index in [-0.39, 0.29) is 25.5 Å². The van der Waals surface area contributed by atoms with Gasteiger partial charge in [0.15, 0.2) is 0 Å². The summed E-state index contributed by atoms with van der Waals surface area (Å²) in [6.45, 7) is 0.222. The number of carbonyl (C=O) groups excluding carboxylic acids is 2. The molecule has 25 heavy (non-hydrogen) atoms. The lowest BCUT2D eigenvalue weighted by Crippen LogP contribution is -2.51. The first-order valence-corrected chi connectivity index (χ1v) is 7.93. The number of anilines is 1. The number of alkyl halides is 3. The molecule has 3 amide bonds. The van der Waals surface area contributed by atoms with Gasteiger partial charge in [-0.1, -0.05) is 12.1 Å². The van der Waals surface area contributed by atoms with Crippen molar-refractivity contribution in [1.82, 2.24) is 14.7 Å². The molecule has 1 aromatic carbocycles. The molecule has 0 unspecified atom stereocenters. The van der Waals surface area contributed by atoms with Crippen LogP contribution in [-0.4, -0.2) is 66.0 Å². The molecule has 1 saturated heterocycles. The maximum atomic E-state index is 12.6. The highest BCUT2D eigenvalue weighted by molar-refractivity contribution is 5.93. The number of carbonyl (C=O) groups is 2. The zero-order valence-corrected chi connectivity index (χ0v) is 13.8. The van der Waals surface area contributed by atoms with Crippen LogP contribution in [0.2, 0.25) is 0 Å². The molecule has 6 nitrogen and oxygen atoms in total. The number of halogens is 3. The van der Waals surface area contributed by atoms with Crippen LogP contribution in [0.4, 0.5) is 23.7 Å². The number of hydrogen-bond acceptors (Lipinski definition) is 3. The van der Waals surface area contributed by atoms with E-state index in [0.717, 1.165) is 5.56 Å². The topological polar surface area (TPSA) is 55.9 Å². The van der Waals surface area contributed by atoms with Crippen LogP contribution >= 0.6 is 0 Å². The number of urea groups is 1. The van der Waals surface area contributed by atoms with Crippen molar-refractivity contribution in [2.45, 2.75) is 19.3 Å². The molecule has 0 aliphatic carbocycles. The van der Waals surface area contributed by atoms with Gasteiger partial charge in [0.05, 0.1) is 6.54 Å². The summed E-state index contributed by atoms with van der Waals surface area (Å²) in [5, 5.41) is 2.74. The summed E-state index contributed by atoms with van der Waals surface area (Å²) in [6.07, 6.45) is -4.26. The van der Waals surface area contributed by atoms with Crippen molar-refractivity contribution in [2.24, 2.45) is 0 Å². The maximum absolute atomic E-state index is 12.6. The van der Waals surface area contributed by atoms with E-state index in [1.807, 2.05) is 0 Å². The van der Waals surface area contributed by atoms with E-state index in [2.05, 4.69) is 5.32 Å². The first-order chi connectivity index (χ1) is 11.7. The van der Waals surface area contributed by atoms with Crippen LogP contribution < -0.4 is 5.32 Å². The second-order valence-corrected chi connectivity index (χ2v) is 6.37. The molecule has 1 fully saturated rings. The molecule has 0 bridgehead atoms. The summed E-state index contributed by atoms with van der Waals surface area (Å²) in [7, 11) is 1.68. The number of amides is 3. The van der Waals surface area contributed by atoms with Gasteiger partial charge in [0.25, 0.3) is 0 Å². The van der Waals surface area contributed by atoms with Crippen LogP contribution in [0, 0.1) is 0 Å². The van der Waals surface area contributed by atoms with Crippen molar-refractivity contribution < 1.29 is 22.8 Å². The lowest BCUT2D eigenvalue weighted by Gasteiger charge is -2.32. The maximum Gasteiger partial charge on any atom is 0.401 e. The average Bonchev–Trinajstić information content (AvgIpc) is 2.91. The van der Waals surface area contributed by atoms with E-state index in [0.29, 0.717) is 24.3 Å². The second kappa shape index (κ2) is 6.55. The van der Waals surface area contributed by atoms with Gasteiger partial charge in [0, 0.05) is 38.9 Å². The minimum Gasteiger partial charge on any atom is -0.342 e. The van der Waals surface area contributed by atoms with E-state index in [1.165, 1.54) is 9.80 Å². The van der Waals surface area contributed by atoms with Gasteiger partial charge in [-0.15, -0.1) is 0 Å². The average molecular weight is 356 g/mol. The van der Waals surface area contributed by atoms with Crippen LogP contribution in [0.5, 0.6) is 0 Å². The van der Waals surface area contributed by atoms with Gasteiger partial charge in [0.1, 0.15) is 6.54 Å². The molecule has 2 aliphatic heterocycles. The minimum atomic E-state index is -4.26. The van der Waals surface area contributed by atoms with Crippen LogP contribution in [0.1, 0.15) is 11.1 Å². The van der Waals surface area contributed by atoms with Gasteiger partial charge >= 0.3 is 12.2 Å². The van der Waals surface area contributed by atoms with Crippen LogP contribution in [0.15, 0.2) is 18.2 Å². The fourth-order valence-electron chi connectivity index (χ4n) is 3.10. The summed E-state index contributed by atoms with van der Waals surface area (Å²) < 4.78 is 37.8. The first kappa shape index (κ1) is 17.5. The Hall–Kier alpha value is -2.29. The Labute approximate surface area is 143 Å². The third-order valence-corrected chi connectivity index (χ3v) is 4.44. The van der Waals surface area contributed by atoms with Gasteiger partial charge in [0.2, 0.25) is 5.91 Å². The van der Waals surface area contributed by atoms with E-state index in [4.69, 9.17) is 0 Å². The molecule has 1 N–H and O–H groups in total. The summed E-state index contributed by atoms with van der Waals surface area (Å²) in [6, 6.07) is 4.73. The van der Waals surface area contributed by atoms with E-state index >= 15 is 0 Å². The van der Waals surface area contributed by atoms with Crippen molar-refractivity contribution in [3.63, 3.8) is 0 Å². The van der Waals surface area contributed by atoms with Crippen molar-refractivity contribution in [1.29, 1.82) is 0 Å². The molecule has 0 saturated carbocycles. The SMILES string of the molecule is CN1CCN(C(=O)Nc2cccc3c2CN(CC(F)(F)F)C3)CC1=O. The van der Waals surface area contributed by atoms with Gasteiger partial charge in [-0.3, -0.25) is 9.69 Å². The molecule has 9 heteroatoms. The normalized spacial score (nSPS) is 18.5. The highest BCUT2D eigenvalue weighted by Crippen LogP contribution is 2.31. The van der Waals surface area contributed by atoms with Crippen LogP contribution in [-0.2, 0) is 17.9 Å².